The van der Waals surface area contributed by atoms with E-state index >= 15 is 0 Å². The molecule has 1 aliphatic rings. The molecule has 0 spiro atoms. The second kappa shape index (κ2) is 3.55. The van der Waals surface area contributed by atoms with Gasteiger partial charge in [0.15, 0.2) is 0 Å². The first-order chi connectivity index (χ1) is 5.17. The van der Waals surface area contributed by atoms with Gasteiger partial charge in [-0.25, -0.2) is 0 Å². The summed E-state index contributed by atoms with van der Waals surface area (Å²) in [5.41, 5.74) is -0.500. The highest BCUT2D eigenvalue weighted by Gasteiger charge is 2.30. The number of rotatable bonds is 2. The highest BCUT2D eigenvalue weighted by atomic mass is 16.3. The van der Waals surface area contributed by atoms with E-state index in [0.29, 0.717) is 6.04 Å². The van der Waals surface area contributed by atoms with Gasteiger partial charge in [-0.3, -0.25) is 0 Å². The van der Waals surface area contributed by atoms with Crippen molar-refractivity contribution in [3.8, 4) is 0 Å². The molecule has 0 aromatic rings. The van der Waals surface area contributed by atoms with Crippen molar-refractivity contribution in [2.75, 3.05) is 6.54 Å². The third-order valence-corrected chi connectivity index (χ3v) is 2.78. The number of piperidine rings is 1. The maximum Gasteiger partial charge on any atom is 0.0769 e. The highest BCUT2D eigenvalue weighted by molar-refractivity contribution is 4.88. The zero-order chi connectivity index (χ0) is 8.32. The van der Waals surface area contributed by atoms with Gasteiger partial charge in [-0.05, 0) is 32.7 Å². The number of nitrogens with one attached hydrogen (secondary N) is 1. The SMILES string of the molecule is CC[C@](C)(O)[C@@H]1CCCCN1. The van der Waals surface area contributed by atoms with E-state index in [-0.39, 0.29) is 0 Å². The molecule has 0 bridgehead atoms. The maximum atomic E-state index is 9.89. The number of hydrogen-bond acceptors (Lipinski definition) is 2. The van der Waals surface area contributed by atoms with E-state index in [1.54, 1.807) is 0 Å². The molecule has 0 saturated carbocycles. The van der Waals surface area contributed by atoms with Gasteiger partial charge < -0.3 is 10.4 Å². The van der Waals surface area contributed by atoms with Gasteiger partial charge in [-0.15, -0.1) is 0 Å². The van der Waals surface area contributed by atoms with Gasteiger partial charge in [-0.1, -0.05) is 13.3 Å². The Morgan fingerprint density at radius 1 is 1.55 bits per heavy atom. The molecule has 1 heterocycles. The summed E-state index contributed by atoms with van der Waals surface area (Å²) in [7, 11) is 0. The average Bonchev–Trinajstić information content (AvgIpc) is 2.06. The molecule has 1 aliphatic heterocycles. The molecule has 1 fully saturated rings. The second-order valence-electron chi connectivity index (χ2n) is 3.71. The summed E-state index contributed by atoms with van der Waals surface area (Å²) in [5, 5.41) is 13.2. The van der Waals surface area contributed by atoms with Crippen molar-refractivity contribution in [2.45, 2.75) is 51.2 Å². The Kier molecular flexibility index (Phi) is 2.90. The molecule has 0 amide bonds. The van der Waals surface area contributed by atoms with Gasteiger partial charge in [0.1, 0.15) is 0 Å². The van der Waals surface area contributed by atoms with Gasteiger partial charge in [0.2, 0.25) is 0 Å². The summed E-state index contributed by atoms with van der Waals surface area (Å²) in [6.07, 6.45) is 4.48. The summed E-state index contributed by atoms with van der Waals surface area (Å²) >= 11 is 0. The van der Waals surface area contributed by atoms with Gasteiger partial charge in [0.05, 0.1) is 5.60 Å². The normalized spacial score (nSPS) is 31.4. The monoisotopic (exact) mass is 157 g/mol. The second-order valence-corrected chi connectivity index (χ2v) is 3.71. The first-order valence-corrected chi connectivity index (χ1v) is 4.62. The Morgan fingerprint density at radius 3 is 2.73 bits per heavy atom. The minimum absolute atomic E-state index is 0.321. The average molecular weight is 157 g/mol. The summed E-state index contributed by atoms with van der Waals surface area (Å²) in [6.45, 7) is 5.03. The van der Waals surface area contributed by atoms with Crippen LogP contribution < -0.4 is 5.32 Å². The fourth-order valence-corrected chi connectivity index (χ4v) is 1.63. The predicted molar refractivity (Wildman–Crippen MR) is 46.6 cm³/mol. The van der Waals surface area contributed by atoms with Crippen molar-refractivity contribution < 1.29 is 5.11 Å². The minimum Gasteiger partial charge on any atom is -0.389 e. The van der Waals surface area contributed by atoms with Crippen molar-refractivity contribution in [1.29, 1.82) is 0 Å². The van der Waals surface area contributed by atoms with Crippen LogP contribution in [0.3, 0.4) is 0 Å². The van der Waals surface area contributed by atoms with Gasteiger partial charge in [-0.2, -0.15) is 0 Å². The third-order valence-electron chi connectivity index (χ3n) is 2.78. The van der Waals surface area contributed by atoms with E-state index in [1.165, 1.54) is 12.8 Å². The molecule has 2 atom stereocenters. The van der Waals surface area contributed by atoms with Crippen LogP contribution in [0.2, 0.25) is 0 Å². The van der Waals surface area contributed by atoms with E-state index in [1.807, 2.05) is 13.8 Å². The Labute approximate surface area is 69.0 Å². The van der Waals surface area contributed by atoms with Crippen molar-refractivity contribution >= 4 is 0 Å². The summed E-state index contributed by atoms with van der Waals surface area (Å²) in [4.78, 5) is 0. The smallest absolute Gasteiger partial charge is 0.0769 e. The highest BCUT2D eigenvalue weighted by Crippen LogP contribution is 2.21. The van der Waals surface area contributed by atoms with Crippen LogP contribution in [-0.4, -0.2) is 23.3 Å². The van der Waals surface area contributed by atoms with E-state index in [0.717, 1.165) is 19.4 Å². The van der Waals surface area contributed by atoms with Crippen LogP contribution >= 0.6 is 0 Å². The van der Waals surface area contributed by atoms with Crippen LogP contribution in [0.15, 0.2) is 0 Å². The van der Waals surface area contributed by atoms with Crippen LogP contribution in [0.1, 0.15) is 39.5 Å². The Balaban J connectivity index is 2.43. The molecular weight excluding hydrogens is 138 g/mol. The standard InChI is InChI=1S/C9H19NO/c1-3-9(2,11)8-6-4-5-7-10-8/h8,10-11H,3-7H2,1-2H3/t8-,9-/m0/s1. The zero-order valence-electron chi connectivity index (χ0n) is 7.56. The lowest BCUT2D eigenvalue weighted by molar-refractivity contribution is 0.00668. The quantitative estimate of drug-likeness (QED) is 0.633. The fraction of sp³-hybridized carbons (Fsp3) is 1.00. The molecule has 2 N–H and O–H groups in total. The van der Waals surface area contributed by atoms with E-state index < -0.39 is 5.60 Å². The Bertz CT molecular complexity index is 117. The summed E-state index contributed by atoms with van der Waals surface area (Å²) in [5.74, 6) is 0. The lowest BCUT2D eigenvalue weighted by atomic mass is 9.87. The lowest BCUT2D eigenvalue weighted by Gasteiger charge is -2.35. The molecule has 0 aliphatic carbocycles. The van der Waals surface area contributed by atoms with E-state index in [9.17, 15) is 5.11 Å². The molecule has 0 aromatic carbocycles. The largest absolute Gasteiger partial charge is 0.389 e. The topological polar surface area (TPSA) is 32.3 Å². The maximum absolute atomic E-state index is 9.89. The Morgan fingerprint density at radius 2 is 2.27 bits per heavy atom. The van der Waals surface area contributed by atoms with Crippen LogP contribution in [0.25, 0.3) is 0 Å². The lowest BCUT2D eigenvalue weighted by Crippen LogP contribution is -2.50. The number of hydrogen-bond donors (Lipinski definition) is 2. The van der Waals surface area contributed by atoms with Crippen LogP contribution in [0, 0.1) is 0 Å². The van der Waals surface area contributed by atoms with Crippen molar-refractivity contribution in [1.82, 2.24) is 5.32 Å². The van der Waals surface area contributed by atoms with E-state index in [2.05, 4.69) is 5.32 Å². The van der Waals surface area contributed by atoms with Crippen LogP contribution in [-0.2, 0) is 0 Å². The molecule has 11 heavy (non-hydrogen) atoms. The third kappa shape index (κ3) is 2.17. The first kappa shape index (κ1) is 9.01. The molecule has 0 aromatic heterocycles. The van der Waals surface area contributed by atoms with Crippen molar-refractivity contribution in [2.24, 2.45) is 0 Å². The molecule has 0 unspecified atom stereocenters. The molecular formula is C9H19NO. The molecule has 0 radical (unpaired) electrons. The van der Waals surface area contributed by atoms with Gasteiger partial charge in [0, 0.05) is 6.04 Å². The molecule has 66 valence electrons. The molecule has 1 saturated heterocycles. The van der Waals surface area contributed by atoms with Crippen molar-refractivity contribution in [3.05, 3.63) is 0 Å². The zero-order valence-corrected chi connectivity index (χ0v) is 7.56. The molecule has 2 nitrogen and oxygen atoms in total. The van der Waals surface area contributed by atoms with Gasteiger partial charge in [0.25, 0.3) is 0 Å². The number of aliphatic hydroxyl groups is 1. The van der Waals surface area contributed by atoms with E-state index in [4.69, 9.17) is 0 Å². The summed E-state index contributed by atoms with van der Waals surface area (Å²) < 4.78 is 0. The predicted octanol–water partition coefficient (Wildman–Crippen LogP) is 1.29. The molecule has 2 heteroatoms. The van der Waals surface area contributed by atoms with Gasteiger partial charge >= 0.3 is 0 Å². The van der Waals surface area contributed by atoms with Crippen molar-refractivity contribution in [3.63, 3.8) is 0 Å². The molecule has 1 rings (SSSR count). The Hall–Kier alpha value is -0.0800. The minimum atomic E-state index is -0.500. The van der Waals surface area contributed by atoms with Crippen LogP contribution in [0.4, 0.5) is 0 Å². The first-order valence-electron chi connectivity index (χ1n) is 4.62. The fourth-order valence-electron chi connectivity index (χ4n) is 1.63. The van der Waals surface area contributed by atoms with Crippen LogP contribution in [0.5, 0.6) is 0 Å². The summed E-state index contributed by atoms with van der Waals surface area (Å²) in [6, 6.07) is 0.321.